The number of carbonyl (C=O) groups is 1. The predicted octanol–water partition coefficient (Wildman–Crippen LogP) is 4.77. The molecule has 1 aromatic carbocycles. The van der Waals surface area contributed by atoms with Crippen LogP contribution in [0.3, 0.4) is 0 Å². The first kappa shape index (κ1) is 21.0. The average Bonchev–Trinajstić information content (AvgIpc) is 3.55. The van der Waals surface area contributed by atoms with E-state index >= 15 is 0 Å². The van der Waals surface area contributed by atoms with Gasteiger partial charge in [-0.3, -0.25) is 9.69 Å². The average molecular weight is 466 g/mol. The molecule has 7 nitrogen and oxygen atoms in total. The highest BCUT2D eigenvalue weighted by Crippen LogP contribution is 2.29. The van der Waals surface area contributed by atoms with Crippen LogP contribution in [0.2, 0.25) is 0 Å². The van der Waals surface area contributed by atoms with Crippen molar-refractivity contribution in [3.63, 3.8) is 0 Å². The molecule has 4 heterocycles. The van der Waals surface area contributed by atoms with Crippen molar-refractivity contribution >= 4 is 33.7 Å². The first-order chi connectivity index (χ1) is 15.7. The van der Waals surface area contributed by atoms with E-state index in [-0.39, 0.29) is 5.91 Å². The molecule has 1 N–H and O–H groups in total. The molecule has 0 atom stereocenters. The Morgan fingerprint density at radius 2 is 2.06 bits per heavy atom. The van der Waals surface area contributed by atoms with Crippen LogP contribution in [0.25, 0.3) is 10.7 Å². The third kappa shape index (κ3) is 5.12. The number of nitrogens with zero attached hydrogens (tertiary/aromatic N) is 4. The van der Waals surface area contributed by atoms with E-state index < -0.39 is 0 Å². The van der Waals surface area contributed by atoms with Crippen LogP contribution in [0.1, 0.15) is 34.9 Å². The number of aryl methyl sites for hydroxylation is 1. The van der Waals surface area contributed by atoms with Gasteiger partial charge in [0.05, 0.1) is 10.6 Å². The number of carbonyl (C=O) groups excluding carboxylic acids is 1. The van der Waals surface area contributed by atoms with Gasteiger partial charge in [0.25, 0.3) is 0 Å². The molecule has 0 saturated carbocycles. The van der Waals surface area contributed by atoms with Crippen LogP contribution in [-0.2, 0) is 30.7 Å². The Labute approximate surface area is 194 Å². The van der Waals surface area contributed by atoms with E-state index in [9.17, 15) is 4.79 Å². The predicted molar refractivity (Wildman–Crippen MR) is 126 cm³/mol. The molecule has 5 rings (SSSR count). The minimum atomic E-state index is -0.0322. The fourth-order valence-corrected chi connectivity index (χ4v) is 5.44. The lowest BCUT2D eigenvalue weighted by atomic mass is 10.1. The van der Waals surface area contributed by atoms with Gasteiger partial charge in [-0.05, 0) is 23.4 Å². The number of fused-ring (bicyclic) bond motifs is 1. The Hall–Kier alpha value is -2.88. The van der Waals surface area contributed by atoms with E-state index in [1.807, 2.05) is 23.6 Å². The zero-order chi connectivity index (χ0) is 21.8. The summed E-state index contributed by atoms with van der Waals surface area (Å²) in [4.78, 5) is 26.1. The molecule has 3 aromatic heterocycles. The van der Waals surface area contributed by atoms with Crippen molar-refractivity contribution in [3.05, 3.63) is 69.9 Å². The van der Waals surface area contributed by atoms with Gasteiger partial charge in [-0.25, -0.2) is 4.98 Å². The second-order valence-electron chi connectivity index (χ2n) is 7.73. The van der Waals surface area contributed by atoms with E-state index in [2.05, 4.69) is 49.6 Å². The summed E-state index contributed by atoms with van der Waals surface area (Å²) in [7, 11) is 0. The quantitative estimate of drug-likeness (QED) is 0.403. The monoisotopic (exact) mass is 465 g/mol. The zero-order valence-electron chi connectivity index (χ0n) is 17.5. The summed E-state index contributed by atoms with van der Waals surface area (Å²) in [6, 6.07) is 14.4. The molecule has 0 spiro atoms. The Bertz CT molecular complexity index is 1170. The number of hydrogen-bond acceptors (Lipinski definition) is 8. The summed E-state index contributed by atoms with van der Waals surface area (Å²) in [5.74, 6) is 1.13. The number of benzene rings is 1. The number of anilines is 1. The third-order valence-corrected chi connectivity index (χ3v) is 7.17. The minimum absolute atomic E-state index is 0.0322. The second kappa shape index (κ2) is 9.72. The minimum Gasteiger partial charge on any atom is -0.339 e. The van der Waals surface area contributed by atoms with E-state index in [1.165, 1.54) is 10.4 Å². The summed E-state index contributed by atoms with van der Waals surface area (Å²) in [5, 5.41) is 9.64. The highest BCUT2D eigenvalue weighted by molar-refractivity contribution is 7.15. The standard InChI is InChI=1S/C23H23N5O2S2/c29-20(9-4-10-21-26-22(27-30-21)18-8-5-13-31-18)25-23-24-17-11-12-28(15-19(17)32-23)14-16-6-2-1-3-7-16/h1-3,5-8,13H,4,9-12,14-15H2,(H,24,25,29). The molecule has 0 unspecified atom stereocenters. The fraction of sp³-hybridized carbons (Fsp3) is 0.304. The number of rotatable bonds is 8. The molecular formula is C23H23N5O2S2. The maximum absolute atomic E-state index is 12.4. The van der Waals surface area contributed by atoms with Gasteiger partial charge in [0, 0.05) is 43.8 Å². The second-order valence-corrected chi connectivity index (χ2v) is 9.76. The molecule has 4 aromatic rings. The zero-order valence-corrected chi connectivity index (χ0v) is 19.1. The number of aromatic nitrogens is 3. The largest absolute Gasteiger partial charge is 0.339 e. The Morgan fingerprint density at radius 1 is 1.16 bits per heavy atom. The van der Waals surface area contributed by atoms with Crippen LogP contribution >= 0.6 is 22.7 Å². The van der Waals surface area contributed by atoms with E-state index in [4.69, 9.17) is 4.52 Å². The molecule has 9 heteroatoms. The van der Waals surface area contributed by atoms with Crippen molar-refractivity contribution in [2.24, 2.45) is 0 Å². The molecular weight excluding hydrogens is 442 g/mol. The normalized spacial score (nSPS) is 13.8. The first-order valence-electron chi connectivity index (χ1n) is 10.6. The SMILES string of the molecule is O=C(CCCc1nc(-c2cccs2)no1)Nc1nc2c(s1)CN(Cc1ccccc1)CC2. The number of thiophene rings is 1. The lowest BCUT2D eigenvalue weighted by Crippen LogP contribution is -2.29. The van der Waals surface area contributed by atoms with Crippen LogP contribution in [0, 0.1) is 0 Å². The van der Waals surface area contributed by atoms with Crippen LogP contribution < -0.4 is 5.32 Å². The molecule has 0 fully saturated rings. The van der Waals surface area contributed by atoms with E-state index in [0.29, 0.717) is 36.1 Å². The summed E-state index contributed by atoms with van der Waals surface area (Å²) in [5.41, 5.74) is 2.43. The van der Waals surface area contributed by atoms with Gasteiger partial charge in [0.1, 0.15) is 0 Å². The molecule has 32 heavy (non-hydrogen) atoms. The van der Waals surface area contributed by atoms with Crippen LogP contribution in [0.4, 0.5) is 5.13 Å². The number of amides is 1. The maximum atomic E-state index is 12.4. The summed E-state index contributed by atoms with van der Waals surface area (Å²) >= 11 is 3.16. The number of hydrogen-bond donors (Lipinski definition) is 1. The van der Waals surface area contributed by atoms with E-state index in [1.54, 1.807) is 22.7 Å². The van der Waals surface area contributed by atoms with Crippen molar-refractivity contribution in [1.82, 2.24) is 20.0 Å². The van der Waals surface area contributed by atoms with Crippen molar-refractivity contribution in [3.8, 4) is 10.7 Å². The molecule has 0 radical (unpaired) electrons. The number of thiazole rings is 1. The van der Waals surface area contributed by atoms with E-state index in [0.717, 1.165) is 36.6 Å². The van der Waals surface area contributed by atoms with Gasteiger partial charge in [0.2, 0.25) is 17.6 Å². The Balaban J connectivity index is 1.09. The summed E-state index contributed by atoms with van der Waals surface area (Å²) < 4.78 is 5.30. The first-order valence-corrected chi connectivity index (χ1v) is 12.3. The summed E-state index contributed by atoms with van der Waals surface area (Å²) in [6.45, 7) is 2.79. The molecule has 1 aliphatic rings. The molecule has 0 aliphatic carbocycles. The Kier molecular flexibility index (Phi) is 6.38. The highest BCUT2D eigenvalue weighted by atomic mass is 32.1. The lowest BCUT2D eigenvalue weighted by Gasteiger charge is -2.25. The van der Waals surface area contributed by atoms with Crippen molar-refractivity contribution in [1.29, 1.82) is 0 Å². The molecule has 164 valence electrons. The molecule has 1 aliphatic heterocycles. The van der Waals surface area contributed by atoms with Gasteiger partial charge in [-0.1, -0.05) is 41.6 Å². The summed E-state index contributed by atoms with van der Waals surface area (Å²) in [6.07, 6.45) is 2.53. The third-order valence-electron chi connectivity index (χ3n) is 5.31. The lowest BCUT2D eigenvalue weighted by molar-refractivity contribution is -0.116. The fourth-order valence-electron chi connectivity index (χ4n) is 3.72. The van der Waals surface area contributed by atoms with Crippen molar-refractivity contribution in [2.45, 2.75) is 38.8 Å². The smallest absolute Gasteiger partial charge is 0.226 e. The molecule has 0 bridgehead atoms. The number of nitrogens with one attached hydrogen (secondary N) is 1. The van der Waals surface area contributed by atoms with Gasteiger partial charge in [0.15, 0.2) is 5.13 Å². The highest BCUT2D eigenvalue weighted by Gasteiger charge is 2.21. The van der Waals surface area contributed by atoms with Crippen molar-refractivity contribution < 1.29 is 9.32 Å². The van der Waals surface area contributed by atoms with Gasteiger partial charge in [-0.15, -0.1) is 22.7 Å². The van der Waals surface area contributed by atoms with Crippen LogP contribution in [-0.4, -0.2) is 32.5 Å². The van der Waals surface area contributed by atoms with Gasteiger partial charge >= 0.3 is 0 Å². The van der Waals surface area contributed by atoms with Crippen LogP contribution in [0.5, 0.6) is 0 Å². The van der Waals surface area contributed by atoms with Crippen molar-refractivity contribution in [2.75, 3.05) is 11.9 Å². The molecule has 1 amide bonds. The van der Waals surface area contributed by atoms with Crippen LogP contribution in [0.15, 0.2) is 52.4 Å². The van der Waals surface area contributed by atoms with Gasteiger partial charge in [-0.2, -0.15) is 4.98 Å². The van der Waals surface area contributed by atoms with Gasteiger partial charge < -0.3 is 9.84 Å². The maximum Gasteiger partial charge on any atom is 0.226 e. The molecule has 0 saturated heterocycles. The Morgan fingerprint density at radius 3 is 2.91 bits per heavy atom. The topological polar surface area (TPSA) is 84.1 Å².